The van der Waals surface area contributed by atoms with Crippen LogP contribution in [0.1, 0.15) is 31.3 Å². The molecule has 0 aliphatic carbocycles. The van der Waals surface area contributed by atoms with Crippen molar-refractivity contribution in [2.45, 2.75) is 44.7 Å². The van der Waals surface area contributed by atoms with Crippen LogP contribution in [0.25, 0.3) is 11.0 Å². The minimum Gasteiger partial charge on any atom is -0.497 e. The molecule has 168 valence electrons. The first-order valence-corrected chi connectivity index (χ1v) is 11.7. The molecule has 2 aromatic heterocycles. The van der Waals surface area contributed by atoms with Gasteiger partial charge in [0.1, 0.15) is 23.7 Å². The Bertz CT molecular complexity index is 1130. The number of nitrogen functional groups attached to an aromatic ring is 1. The van der Waals surface area contributed by atoms with Gasteiger partial charge >= 0.3 is 0 Å². The van der Waals surface area contributed by atoms with Gasteiger partial charge in [-0.25, -0.2) is 23.1 Å². The molecule has 0 saturated carbocycles. The predicted molar refractivity (Wildman–Crippen MR) is 119 cm³/mol. The molecule has 0 radical (unpaired) electrons. The lowest BCUT2D eigenvalue weighted by molar-refractivity contribution is 0.126. The molecule has 0 amide bonds. The summed E-state index contributed by atoms with van der Waals surface area (Å²) in [5.41, 5.74) is 8.46. The molecule has 2 heterocycles. The lowest BCUT2D eigenvalue weighted by Gasteiger charge is -2.11. The lowest BCUT2D eigenvalue weighted by Crippen LogP contribution is -2.25. The summed E-state index contributed by atoms with van der Waals surface area (Å²) >= 11 is 0. The van der Waals surface area contributed by atoms with E-state index >= 15 is 0 Å². The third-order valence-electron chi connectivity index (χ3n) is 4.88. The van der Waals surface area contributed by atoms with Crippen molar-refractivity contribution in [2.75, 3.05) is 26.0 Å². The van der Waals surface area contributed by atoms with E-state index in [0.29, 0.717) is 49.8 Å². The SMILES string of the molecule is CCOCc1nc2c(N)nc(C)cc2n1CCCCNS(=O)(=O)c1ccc(OC)cc1. The van der Waals surface area contributed by atoms with E-state index < -0.39 is 10.0 Å². The molecule has 0 atom stereocenters. The third-order valence-corrected chi connectivity index (χ3v) is 6.35. The van der Waals surface area contributed by atoms with Crippen molar-refractivity contribution in [1.82, 2.24) is 19.3 Å². The van der Waals surface area contributed by atoms with Gasteiger partial charge in [-0.15, -0.1) is 0 Å². The van der Waals surface area contributed by atoms with Crippen molar-refractivity contribution in [2.24, 2.45) is 0 Å². The summed E-state index contributed by atoms with van der Waals surface area (Å²) in [5.74, 6) is 1.80. The second kappa shape index (κ2) is 10.1. The molecule has 1 aromatic carbocycles. The van der Waals surface area contributed by atoms with Crippen LogP contribution in [0.5, 0.6) is 5.75 Å². The highest BCUT2D eigenvalue weighted by atomic mass is 32.2. The third kappa shape index (κ3) is 5.52. The van der Waals surface area contributed by atoms with Crippen molar-refractivity contribution in [3.63, 3.8) is 0 Å². The summed E-state index contributed by atoms with van der Waals surface area (Å²) in [4.78, 5) is 9.12. The van der Waals surface area contributed by atoms with E-state index in [-0.39, 0.29) is 4.90 Å². The van der Waals surface area contributed by atoms with Gasteiger partial charge in [0.25, 0.3) is 0 Å². The summed E-state index contributed by atoms with van der Waals surface area (Å²) in [5, 5.41) is 0. The number of nitrogens with two attached hydrogens (primary N) is 1. The van der Waals surface area contributed by atoms with E-state index in [4.69, 9.17) is 15.2 Å². The zero-order chi connectivity index (χ0) is 22.4. The molecule has 10 heteroatoms. The van der Waals surface area contributed by atoms with E-state index in [2.05, 4.69) is 19.3 Å². The van der Waals surface area contributed by atoms with Crippen LogP contribution in [0.2, 0.25) is 0 Å². The molecule has 0 saturated heterocycles. The molecule has 0 aliphatic rings. The number of rotatable bonds is 11. The van der Waals surface area contributed by atoms with E-state index in [9.17, 15) is 8.42 Å². The highest BCUT2D eigenvalue weighted by Gasteiger charge is 2.15. The second-order valence-corrected chi connectivity index (χ2v) is 8.88. The second-order valence-electron chi connectivity index (χ2n) is 7.11. The van der Waals surface area contributed by atoms with Crippen LogP contribution in [-0.4, -0.2) is 43.2 Å². The van der Waals surface area contributed by atoms with E-state index in [1.54, 1.807) is 12.1 Å². The number of imidazole rings is 1. The number of aromatic nitrogens is 3. The molecule has 0 fully saturated rings. The Labute approximate surface area is 182 Å². The highest BCUT2D eigenvalue weighted by molar-refractivity contribution is 7.89. The number of pyridine rings is 1. The standard InChI is InChI=1S/C21H29N5O4S/c1-4-30-14-19-25-20-18(13-15(2)24-21(20)22)26(19)12-6-5-11-23-31(27,28)17-9-7-16(29-3)8-10-17/h7-10,13,23H,4-6,11-12,14H2,1-3H3,(H2,22,24). The summed E-state index contributed by atoms with van der Waals surface area (Å²) < 4.78 is 40.2. The fourth-order valence-corrected chi connectivity index (χ4v) is 4.39. The molecule has 0 spiro atoms. The quantitative estimate of drug-likeness (QED) is 0.433. The number of nitrogens with one attached hydrogen (secondary N) is 1. The number of hydrogen-bond acceptors (Lipinski definition) is 7. The maximum atomic E-state index is 12.4. The zero-order valence-electron chi connectivity index (χ0n) is 18.1. The first kappa shape index (κ1) is 23.0. The molecule has 3 aromatic rings. The Kier molecular flexibility index (Phi) is 7.47. The van der Waals surface area contributed by atoms with Crippen molar-refractivity contribution < 1.29 is 17.9 Å². The number of unbranched alkanes of at least 4 members (excludes halogenated alkanes) is 1. The predicted octanol–water partition coefficient (Wildman–Crippen LogP) is 2.63. The number of ether oxygens (including phenoxy) is 2. The van der Waals surface area contributed by atoms with Gasteiger partial charge in [-0.3, -0.25) is 0 Å². The van der Waals surface area contributed by atoms with Crippen LogP contribution in [0.4, 0.5) is 5.82 Å². The number of methoxy groups -OCH3 is 1. The van der Waals surface area contributed by atoms with Crippen LogP contribution in [0.3, 0.4) is 0 Å². The Morgan fingerprint density at radius 1 is 1.16 bits per heavy atom. The first-order valence-electron chi connectivity index (χ1n) is 10.2. The summed E-state index contributed by atoms with van der Waals surface area (Å²) in [6.07, 6.45) is 1.43. The number of benzene rings is 1. The molecule has 9 nitrogen and oxygen atoms in total. The summed E-state index contributed by atoms with van der Waals surface area (Å²) in [6.45, 7) is 5.80. The minimum absolute atomic E-state index is 0.214. The average Bonchev–Trinajstić information content (AvgIpc) is 3.09. The van der Waals surface area contributed by atoms with Gasteiger partial charge in [-0.2, -0.15) is 0 Å². The largest absolute Gasteiger partial charge is 0.497 e. The maximum Gasteiger partial charge on any atom is 0.240 e. The number of aryl methyl sites for hydroxylation is 2. The van der Waals surface area contributed by atoms with Crippen molar-refractivity contribution >= 4 is 26.9 Å². The van der Waals surface area contributed by atoms with E-state index in [1.807, 2.05) is 19.9 Å². The van der Waals surface area contributed by atoms with E-state index in [1.165, 1.54) is 19.2 Å². The number of hydrogen-bond donors (Lipinski definition) is 2. The Morgan fingerprint density at radius 3 is 2.58 bits per heavy atom. The van der Waals surface area contributed by atoms with Crippen LogP contribution in [-0.2, 0) is 27.9 Å². The van der Waals surface area contributed by atoms with Gasteiger partial charge in [0.15, 0.2) is 5.82 Å². The Morgan fingerprint density at radius 2 is 1.90 bits per heavy atom. The molecule has 0 aliphatic heterocycles. The number of anilines is 1. The monoisotopic (exact) mass is 447 g/mol. The van der Waals surface area contributed by atoms with Crippen molar-refractivity contribution in [3.05, 3.63) is 41.9 Å². The van der Waals surface area contributed by atoms with Gasteiger partial charge in [0, 0.05) is 25.4 Å². The Balaban J connectivity index is 1.63. The van der Waals surface area contributed by atoms with Crippen LogP contribution in [0, 0.1) is 6.92 Å². The molecule has 0 unspecified atom stereocenters. The fraction of sp³-hybridized carbons (Fsp3) is 0.429. The lowest BCUT2D eigenvalue weighted by atomic mass is 10.3. The van der Waals surface area contributed by atoms with Gasteiger partial charge in [-0.05, 0) is 57.0 Å². The van der Waals surface area contributed by atoms with Crippen LogP contribution >= 0.6 is 0 Å². The number of nitrogens with zero attached hydrogens (tertiary/aromatic N) is 3. The van der Waals surface area contributed by atoms with Crippen LogP contribution in [0.15, 0.2) is 35.2 Å². The van der Waals surface area contributed by atoms with Crippen LogP contribution < -0.4 is 15.2 Å². The maximum absolute atomic E-state index is 12.4. The Hall–Kier alpha value is -2.69. The molecule has 3 N–H and O–H groups in total. The number of fused-ring (bicyclic) bond motifs is 1. The van der Waals surface area contributed by atoms with Gasteiger partial charge in [0.2, 0.25) is 10.0 Å². The smallest absolute Gasteiger partial charge is 0.240 e. The zero-order valence-corrected chi connectivity index (χ0v) is 18.9. The minimum atomic E-state index is -3.56. The first-order chi connectivity index (χ1) is 14.9. The molecule has 3 rings (SSSR count). The van der Waals surface area contributed by atoms with Gasteiger partial charge in [-0.1, -0.05) is 0 Å². The number of sulfonamides is 1. The molecule has 0 bridgehead atoms. The fourth-order valence-electron chi connectivity index (χ4n) is 3.31. The van der Waals surface area contributed by atoms with E-state index in [0.717, 1.165) is 23.5 Å². The summed E-state index contributed by atoms with van der Waals surface area (Å²) in [6, 6.07) is 8.27. The normalized spacial score (nSPS) is 11.8. The molecule has 31 heavy (non-hydrogen) atoms. The summed E-state index contributed by atoms with van der Waals surface area (Å²) in [7, 11) is -2.02. The van der Waals surface area contributed by atoms with Gasteiger partial charge in [0.05, 0.1) is 17.5 Å². The van der Waals surface area contributed by atoms with Crippen molar-refractivity contribution in [3.8, 4) is 5.75 Å². The highest BCUT2D eigenvalue weighted by Crippen LogP contribution is 2.23. The molecular formula is C21H29N5O4S. The van der Waals surface area contributed by atoms with Gasteiger partial charge < -0.3 is 19.8 Å². The molecular weight excluding hydrogens is 418 g/mol. The topological polar surface area (TPSA) is 121 Å². The van der Waals surface area contributed by atoms with Crippen molar-refractivity contribution in [1.29, 1.82) is 0 Å². The average molecular weight is 448 g/mol.